The summed E-state index contributed by atoms with van der Waals surface area (Å²) in [5.41, 5.74) is 4.31. The van der Waals surface area contributed by atoms with Crippen LogP contribution in [0.1, 0.15) is 40.5 Å². The van der Waals surface area contributed by atoms with E-state index in [-0.39, 0.29) is 48.8 Å². The molecule has 1 aliphatic carbocycles. The third kappa shape index (κ3) is 6.82. The Hall–Kier alpha value is 0.305. The average Bonchev–Trinajstić information content (AvgIpc) is 2.53. The monoisotopic (exact) mass is 507 g/mol. The van der Waals surface area contributed by atoms with E-state index in [0.717, 1.165) is 18.9 Å². The maximum Gasteiger partial charge on any atom is 4.00 e. The molecule has 22 heavy (non-hydrogen) atoms. The summed E-state index contributed by atoms with van der Waals surface area (Å²) < 4.78 is 11.1. The van der Waals surface area contributed by atoms with Gasteiger partial charge in [0.15, 0.2) is 0 Å². The number of hydrogen-bond acceptors (Lipinski definition) is 2. The predicted molar refractivity (Wildman–Crippen MR) is 97.8 cm³/mol. The predicted octanol–water partition coefficient (Wildman–Crippen LogP) is 5.59. The molecule has 1 aliphatic rings. The molecular formula is C18H36O2PtSi. The number of allylic oxidation sites excluding steroid dienone is 4. The van der Waals surface area contributed by atoms with Gasteiger partial charge in [-0.2, -0.15) is 11.1 Å². The van der Waals surface area contributed by atoms with E-state index in [0.29, 0.717) is 0 Å². The molecule has 0 heterocycles. The van der Waals surface area contributed by atoms with Gasteiger partial charge >= 0.3 is 29.6 Å². The van der Waals surface area contributed by atoms with Gasteiger partial charge in [0.2, 0.25) is 0 Å². The van der Waals surface area contributed by atoms with Crippen LogP contribution in [0.4, 0.5) is 0 Å². The number of rotatable bonds is 6. The molecule has 0 saturated heterocycles. The Kier molecular flexibility index (Phi) is 16.2. The SMILES string of the molecule is CO[Si](C)(CCCC1(C)[C-]=C(C)C(C)=C1C)OC.[CH3-].[CH3-].[CH3-].[Pt+4]. The van der Waals surface area contributed by atoms with Crippen molar-refractivity contribution >= 4 is 8.56 Å². The molecule has 1 atom stereocenters. The van der Waals surface area contributed by atoms with Crippen molar-refractivity contribution in [2.75, 3.05) is 14.2 Å². The van der Waals surface area contributed by atoms with E-state index < -0.39 is 8.56 Å². The second kappa shape index (κ2) is 11.8. The van der Waals surface area contributed by atoms with Crippen molar-refractivity contribution in [3.05, 3.63) is 45.1 Å². The van der Waals surface area contributed by atoms with Crippen molar-refractivity contribution in [2.24, 2.45) is 5.41 Å². The van der Waals surface area contributed by atoms with Crippen molar-refractivity contribution in [1.82, 2.24) is 0 Å². The Morgan fingerprint density at radius 1 is 1.05 bits per heavy atom. The van der Waals surface area contributed by atoms with Gasteiger partial charge in [0.1, 0.15) is 0 Å². The molecular weight excluding hydrogens is 471 g/mol. The van der Waals surface area contributed by atoms with E-state index >= 15 is 0 Å². The zero-order valence-electron chi connectivity index (χ0n) is 16.3. The van der Waals surface area contributed by atoms with E-state index in [9.17, 15) is 0 Å². The van der Waals surface area contributed by atoms with Crippen LogP contribution in [-0.4, -0.2) is 22.8 Å². The first-order valence-corrected chi connectivity index (χ1v) is 9.21. The molecule has 1 unspecified atom stereocenters. The first-order chi connectivity index (χ1) is 8.28. The Labute approximate surface area is 156 Å². The van der Waals surface area contributed by atoms with Gasteiger partial charge in [0, 0.05) is 14.2 Å². The van der Waals surface area contributed by atoms with Crippen LogP contribution < -0.4 is 0 Å². The van der Waals surface area contributed by atoms with Crippen molar-refractivity contribution in [1.29, 1.82) is 0 Å². The fraction of sp³-hybridized carbons (Fsp3) is 0.611. The van der Waals surface area contributed by atoms with Crippen LogP contribution in [0.25, 0.3) is 0 Å². The molecule has 4 heteroatoms. The van der Waals surface area contributed by atoms with Crippen molar-refractivity contribution in [3.8, 4) is 0 Å². The topological polar surface area (TPSA) is 18.5 Å². The smallest absolute Gasteiger partial charge is 0.398 e. The van der Waals surface area contributed by atoms with Gasteiger partial charge in [-0.1, -0.05) is 39.0 Å². The summed E-state index contributed by atoms with van der Waals surface area (Å²) in [6.45, 7) is 11.0. The number of hydrogen-bond donors (Lipinski definition) is 0. The molecule has 0 bridgehead atoms. The summed E-state index contributed by atoms with van der Waals surface area (Å²) in [4.78, 5) is 0. The van der Waals surface area contributed by atoms with Gasteiger partial charge < -0.3 is 31.1 Å². The fourth-order valence-corrected chi connectivity index (χ4v) is 3.99. The fourth-order valence-electron chi connectivity index (χ4n) is 2.60. The largest absolute Gasteiger partial charge is 4.00 e. The quantitative estimate of drug-likeness (QED) is 0.345. The van der Waals surface area contributed by atoms with Crippen LogP contribution in [0.3, 0.4) is 0 Å². The Morgan fingerprint density at radius 3 is 1.82 bits per heavy atom. The maximum absolute atomic E-state index is 5.53. The van der Waals surface area contributed by atoms with Crippen LogP contribution >= 0.6 is 0 Å². The molecule has 0 N–H and O–H groups in total. The summed E-state index contributed by atoms with van der Waals surface area (Å²) in [5.74, 6) is 0. The Balaban J connectivity index is -0.000000405. The minimum absolute atomic E-state index is 0. The van der Waals surface area contributed by atoms with E-state index in [2.05, 4.69) is 40.3 Å². The molecule has 1 rings (SSSR count). The van der Waals surface area contributed by atoms with Gasteiger partial charge in [-0.25, -0.2) is 5.57 Å². The molecule has 0 saturated carbocycles. The molecule has 0 radical (unpaired) electrons. The van der Waals surface area contributed by atoms with Crippen molar-refractivity contribution in [3.63, 3.8) is 0 Å². The van der Waals surface area contributed by atoms with E-state index in [1.807, 2.05) is 0 Å². The third-order valence-electron chi connectivity index (χ3n) is 4.59. The van der Waals surface area contributed by atoms with Gasteiger partial charge in [0.25, 0.3) is 0 Å². The second-order valence-corrected chi connectivity index (χ2v) is 9.31. The summed E-state index contributed by atoms with van der Waals surface area (Å²) >= 11 is 0. The first kappa shape index (κ1) is 30.2. The summed E-state index contributed by atoms with van der Waals surface area (Å²) in [6, 6.07) is 1.04. The molecule has 0 spiro atoms. The van der Waals surface area contributed by atoms with E-state index in [1.165, 1.54) is 16.7 Å². The molecule has 0 fully saturated rings. The zero-order chi connectivity index (χ0) is 14.0. The molecule has 0 aliphatic heterocycles. The minimum Gasteiger partial charge on any atom is -0.398 e. The minimum atomic E-state index is -1.91. The van der Waals surface area contributed by atoms with Gasteiger partial charge in [-0.3, -0.25) is 6.08 Å². The van der Waals surface area contributed by atoms with Crippen molar-refractivity contribution < 1.29 is 29.9 Å². The van der Waals surface area contributed by atoms with Crippen LogP contribution in [-0.2, 0) is 29.9 Å². The van der Waals surface area contributed by atoms with Crippen molar-refractivity contribution in [2.45, 2.75) is 53.1 Å². The van der Waals surface area contributed by atoms with Crippen LogP contribution in [0, 0.1) is 33.8 Å². The van der Waals surface area contributed by atoms with Crippen LogP contribution in [0.2, 0.25) is 12.6 Å². The Bertz CT molecular complexity index is 373. The molecule has 2 nitrogen and oxygen atoms in total. The standard InChI is InChI=1S/C15H27O2Si.3CH3.Pt/c1-12-11-15(4,14(3)13(12)2)9-8-10-18(7,16-5)17-6;;;;/h8-10H2,1-7H3;3*1H3;/q4*-1;+4. The van der Waals surface area contributed by atoms with Gasteiger partial charge in [-0.15, -0.1) is 6.92 Å². The van der Waals surface area contributed by atoms with Gasteiger partial charge in [-0.05, 0) is 12.6 Å². The molecule has 134 valence electrons. The normalized spacial score (nSPS) is 20.2. The van der Waals surface area contributed by atoms with E-state index in [4.69, 9.17) is 8.85 Å². The molecule has 0 aromatic rings. The molecule has 0 amide bonds. The summed E-state index contributed by atoms with van der Waals surface area (Å²) in [7, 11) is 1.62. The second-order valence-electron chi connectivity index (χ2n) is 5.73. The third-order valence-corrected chi connectivity index (χ3v) is 7.58. The first-order valence-electron chi connectivity index (χ1n) is 6.68. The Morgan fingerprint density at radius 2 is 1.50 bits per heavy atom. The average molecular weight is 508 g/mol. The molecule has 0 aromatic carbocycles. The maximum atomic E-state index is 5.53. The van der Waals surface area contributed by atoms with Crippen LogP contribution in [0.5, 0.6) is 0 Å². The van der Waals surface area contributed by atoms with Crippen LogP contribution in [0.15, 0.2) is 16.7 Å². The molecule has 0 aromatic heterocycles. The summed E-state index contributed by atoms with van der Waals surface area (Å²) in [5, 5.41) is 0. The van der Waals surface area contributed by atoms with E-state index in [1.54, 1.807) is 14.2 Å². The summed E-state index contributed by atoms with van der Waals surface area (Å²) in [6.07, 6.45) is 5.89. The zero-order valence-corrected chi connectivity index (χ0v) is 19.5. The van der Waals surface area contributed by atoms with Gasteiger partial charge in [0.05, 0.1) is 0 Å².